The maximum Gasteiger partial charge on any atom is 0.137 e. The number of aryl methyl sites for hydroxylation is 3. The molecule has 0 radical (unpaired) electrons. The van der Waals surface area contributed by atoms with Gasteiger partial charge in [-0.25, -0.2) is 9.97 Å². The van der Waals surface area contributed by atoms with E-state index in [9.17, 15) is 0 Å². The van der Waals surface area contributed by atoms with Crippen LogP contribution in [0.5, 0.6) is 0 Å². The van der Waals surface area contributed by atoms with Gasteiger partial charge in [0.15, 0.2) is 0 Å². The number of aromatic nitrogens is 4. The van der Waals surface area contributed by atoms with Crippen molar-refractivity contribution in [2.24, 2.45) is 7.05 Å². The van der Waals surface area contributed by atoms with Gasteiger partial charge in [0.2, 0.25) is 0 Å². The molecule has 21 heavy (non-hydrogen) atoms. The third-order valence-electron chi connectivity index (χ3n) is 4.10. The number of pyridine rings is 1. The van der Waals surface area contributed by atoms with Gasteiger partial charge in [-0.2, -0.15) is 0 Å². The molecule has 0 N–H and O–H groups in total. The van der Waals surface area contributed by atoms with E-state index in [0.717, 1.165) is 33.8 Å². The number of fused-ring (bicyclic) bond motifs is 2. The molecule has 0 unspecified atom stereocenters. The Balaban J connectivity index is 1.93. The van der Waals surface area contributed by atoms with Gasteiger partial charge in [-0.1, -0.05) is 12.1 Å². The second-order valence-corrected chi connectivity index (χ2v) is 5.44. The molecular weight excluding hydrogens is 260 g/mol. The van der Waals surface area contributed by atoms with E-state index in [1.165, 1.54) is 5.69 Å². The van der Waals surface area contributed by atoms with E-state index in [1.807, 2.05) is 26.1 Å². The first kappa shape index (κ1) is 12.1. The van der Waals surface area contributed by atoms with E-state index in [0.29, 0.717) is 0 Å². The van der Waals surface area contributed by atoms with Crippen LogP contribution in [-0.4, -0.2) is 18.9 Å². The van der Waals surface area contributed by atoms with Crippen LogP contribution in [0.4, 0.5) is 0 Å². The largest absolute Gasteiger partial charge is 0.331 e. The fraction of sp³-hybridized carbons (Fsp3) is 0.176. The molecule has 4 aromatic rings. The Labute approximate surface area is 122 Å². The van der Waals surface area contributed by atoms with Gasteiger partial charge in [0.1, 0.15) is 11.5 Å². The second-order valence-electron chi connectivity index (χ2n) is 5.44. The molecular formula is C17H16N4. The summed E-state index contributed by atoms with van der Waals surface area (Å²) in [4.78, 5) is 9.31. The first-order chi connectivity index (χ1) is 10.1. The summed E-state index contributed by atoms with van der Waals surface area (Å²) >= 11 is 0. The lowest BCUT2D eigenvalue weighted by Gasteiger charge is -1.98. The number of hydrogen-bond donors (Lipinski definition) is 0. The van der Waals surface area contributed by atoms with Crippen molar-refractivity contribution in [3.63, 3.8) is 0 Å². The maximum atomic E-state index is 4.71. The minimum atomic E-state index is 0.974. The van der Waals surface area contributed by atoms with Gasteiger partial charge in [0.25, 0.3) is 0 Å². The van der Waals surface area contributed by atoms with Crippen LogP contribution in [0.2, 0.25) is 0 Å². The number of rotatable bonds is 1. The standard InChI is InChI=1S/C17H16N4/c1-11-5-4-6-17-19-15(10-21(11)17)13-7-8-16-14(9-13)18-12(2)20(16)3/h4-10H,1-3H3. The van der Waals surface area contributed by atoms with Gasteiger partial charge in [-0.3, -0.25) is 0 Å². The Bertz CT molecular complexity index is 975. The summed E-state index contributed by atoms with van der Waals surface area (Å²) in [6, 6.07) is 12.5. The van der Waals surface area contributed by atoms with Crippen LogP contribution in [0.15, 0.2) is 42.6 Å². The van der Waals surface area contributed by atoms with Crippen LogP contribution in [0.3, 0.4) is 0 Å². The zero-order valence-electron chi connectivity index (χ0n) is 12.3. The topological polar surface area (TPSA) is 35.1 Å². The molecule has 0 saturated carbocycles. The van der Waals surface area contributed by atoms with Gasteiger partial charge in [-0.15, -0.1) is 0 Å². The highest BCUT2D eigenvalue weighted by Crippen LogP contribution is 2.24. The third kappa shape index (κ3) is 1.76. The minimum Gasteiger partial charge on any atom is -0.331 e. The lowest BCUT2D eigenvalue weighted by atomic mass is 10.1. The molecule has 3 heterocycles. The zero-order chi connectivity index (χ0) is 14.6. The zero-order valence-corrected chi connectivity index (χ0v) is 12.3. The summed E-state index contributed by atoms with van der Waals surface area (Å²) < 4.78 is 4.22. The summed E-state index contributed by atoms with van der Waals surface area (Å²) in [5.74, 6) is 1.02. The first-order valence-corrected chi connectivity index (χ1v) is 7.01. The van der Waals surface area contributed by atoms with Crippen molar-refractivity contribution in [2.45, 2.75) is 13.8 Å². The van der Waals surface area contributed by atoms with Crippen molar-refractivity contribution in [3.8, 4) is 11.3 Å². The summed E-state index contributed by atoms with van der Waals surface area (Å²) in [5.41, 5.74) is 6.40. The van der Waals surface area contributed by atoms with Crippen LogP contribution in [0.25, 0.3) is 27.9 Å². The molecule has 0 saturated heterocycles. The molecule has 104 valence electrons. The average molecular weight is 276 g/mol. The number of imidazole rings is 2. The molecule has 4 heteroatoms. The highest BCUT2D eigenvalue weighted by Gasteiger charge is 2.09. The summed E-state index contributed by atoms with van der Waals surface area (Å²) in [5, 5.41) is 0. The number of hydrogen-bond acceptors (Lipinski definition) is 2. The Morgan fingerprint density at radius 3 is 2.67 bits per heavy atom. The SMILES string of the molecule is Cc1nc2cc(-c3cn4c(C)cccc4n3)ccc2n1C. The van der Waals surface area contributed by atoms with E-state index >= 15 is 0 Å². The molecule has 0 fully saturated rings. The van der Waals surface area contributed by atoms with Crippen molar-refractivity contribution in [1.82, 2.24) is 18.9 Å². The quantitative estimate of drug-likeness (QED) is 0.533. The first-order valence-electron chi connectivity index (χ1n) is 7.01. The Hall–Kier alpha value is -2.62. The lowest BCUT2D eigenvalue weighted by molar-refractivity contribution is 0.886. The van der Waals surface area contributed by atoms with Crippen LogP contribution in [-0.2, 0) is 7.05 Å². The predicted molar refractivity (Wildman–Crippen MR) is 84.4 cm³/mol. The summed E-state index contributed by atoms with van der Waals surface area (Å²) in [6.07, 6.45) is 2.08. The highest BCUT2D eigenvalue weighted by molar-refractivity contribution is 5.82. The molecule has 4 nitrogen and oxygen atoms in total. The van der Waals surface area contributed by atoms with Gasteiger partial charge in [-0.05, 0) is 38.1 Å². The molecule has 0 aliphatic rings. The average Bonchev–Trinajstić information content (AvgIpc) is 3.02. The minimum absolute atomic E-state index is 0.974. The van der Waals surface area contributed by atoms with Gasteiger partial charge < -0.3 is 8.97 Å². The van der Waals surface area contributed by atoms with Gasteiger partial charge >= 0.3 is 0 Å². The molecule has 3 aromatic heterocycles. The van der Waals surface area contributed by atoms with Crippen molar-refractivity contribution in [3.05, 3.63) is 54.1 Å². The second kappa shape index (κ2) is 4.19. The van der Waals surface area contributed by atoms with Crippen LogP contribution in [0.1, 0.15) is 11.5 Å². The van der Waals surface area contributed by atoms with Crippen molar-refractivity contribution >= 4 is 16.7 Å². The van der Waals surface area contributed by atoms with Crippen LogP contribution >= 0.6 is 0 Å². The number of benzene rings is 1. The fourth-order valence-electron chi connectivity index (χ4n) is 2.77. The van der Waals surface area contributed by atoms with Gasteiger partial charge in [0, 0.05) is 24.5 Å². The monoisotopic (exact) mass is 276 g/mol. The maximum absolute atomic E-state index is 4.71. The Morgan fingerprint density at radius 1 is 1.00 bits per heavy atom. The van der Waals surface area contributed by atoms with Gasteiger partial charge in [0.05, 0.1) is 16.7 Å². The molecule has 0 atom stereocenters. The molecule has 0 bridgehead atoms. The Kier molecular flexibility index (Phi) is 2.42. The molecule has 0 spiro atoms. The third-order valence-corrected chi connectivity index (χ3v) is 4.10. The van der Waals surface area contributed by atoms with Crippen molar-refractivity contribution in [1.29, 1.82) is 0 Å². The predicted octanol–water partition coefficient (Wildman–Crippen LogP) is 3.50. The normalized spacial score (nSPS) is 11.6. The van der Waals surface area contributed by atoms with Crippen molar-refractivity contribution in [2.75, 3.05) is 0 Å². The molecule has 0 amide bonds. The van der Waals surface area contributed by atoms with E-state index in [-0.39, 0.29) is 0 Å². The van der Waals surface area contributed by atoms with Crippen molar-refractivity contribution < 1.29 is 0 Å². The number of nitrogens with zero attached hydrogens (tertiary/aromatic N) is 4. The fourth-order valence-corrected chi connectivity index (χ4v) is 2.77. The molecule has 0 aliphatic heterocycles. The summed E-state index contributed by atoms with van der Waals surface area (Å²) in [7, 11) is 2.04. The van der Waals surface area contributed by atoms with Crippen LogP contribution in [0, 0.1) is 13.8 Å². The highest BCUT2D eigenvalue weighted by atomic mass is 15.0. The van der Waals surface area contributed by atoms with E-state index < -0.39 is 0 Å². The Morgan fingerprint density at radius 2 is 1.86 bits per heavy atom. The lowest BCUT2D eigenvalue weighted by Crippen LogP contribution is -1.89. The van der Waals surface area contributed by atoms with Crippen LogP contribution < -0.4 is 0 Å². The van der Waals surface area contributed by atoms with E-state index in [4.69, 9.17) is 4.98 Å². The molecule has 1 aromatic carbocycles. The van der Waals surface area contributed by atoms with E-state index in [1.54, 1.807) is 0 Å². The summed E-state index contributed by atoms with van der Waals surface area (Å²) in [6.45, 7) is 4.11. The molecule has 0 aliphatic carbocycles. The smallest absolute Gasteiger partial charge is 0.137 e. The van der Waals surface area contributed by atoms with E-state index in [2.05, 4.69) is 51.3 Å². The molecule has 4 rings (SSSR count).